The van der Waals surface area contributed by atoms with Crippen LogP contribution in [-0.2, 0) is 10.3 Å². The topological polar surface area (TPSA) is 74.2 Å². The van der Waals surface area contributed by atoms with Crippen LogP contribution in [0.15, 0.2) is 34.9 Å². The van der Waals surface area contributed by atoms with E-state index >= 15 is 0 Å². The lowest BCUT2D eigenvalue weighted by Crippen LogP contribution is -2.19. The smallest absolute Gasteiger partial charge is 0.246 e. The van der Waals surface area contributed by atoms with E-state index in [2.05, 4.69) is 10.1 Å². The molecular weight excluding hydrogens is 230 g/mol. The predicted molar refractivity (Wildman–Crippen MR) is 64.7 cm³/mol. The average Bonchev–Trinajstić information content (AvgIpc) is 2.96. The number of benzene rings is 1. The first kappa shape index (κ1) is 11.4. The van der Waals surface area contributed by atoms with E-state index in [1.165, 1.54) is 0 Å². The molecule has 1 heterocycles. The normalized spacial score (nSPS) is 18.6. The van der Waals surface area contributed by atoms with Crippen molar-refractivity contribution in [2.45, 2.75) is 24.5 Å². The molecule has 5 heteroatoms. The van der Waals surface area contributed by atoms with Gasteiger partial charge in [-0.25, -0.2) is 0 Å². The van der Waals surface area contributed by atoms with E-state index in [9.17, 15) is 0 Å². The molecule has 0 bridgehead atoms. The van der Waals surface area contributed by atoms with E-state index in [0.717, 1.165) is 18.4 Å². The molecule has 1 saturated carbocycles. The van der Waals surface area contributed by atoms with Gasteiger partial charge in [0.15, 0.2) is 0 Å². The molecule has 0 saturated heterocycles. The Labute approximate surface area is 105 Å². The summed E-state index contributed by atoms with van der Waals surface area (Å²) in [7, 11) is 1.63. The van der Waals surface area contributed by atoms with Gasteiger partial charge in [0.1, 0.15) is 6.10 Å². The molecule has 2 aromatic rings. The second-order valence-corrected chi connectivity index (χ2v) is 4.64. The van der Waals surface area contributed by atoms with Gasteiger partial charge in [0.2, 0.25) is 11.7 Å². The lowest BCUT2D eigenvalue weighted by Gasteiger charge is -2.10. The van der Waals surface area contributed by atoms with Gasteiger partial charge in [-0.3, -0.25) is 0 Å². The Morgan fingerprint density at radius 2 is 2.06 bits per heavy atom. The summed E-state index contributed by atoms with van der Waals surface area (Å²) in [4.78, 5) is 4.36. The van der Waals surface area contributed by atoms with E-state index in [-0.39, 0.29) is 6.10 Å². The van der Waals surface area contributed by atoms with E-state index in [0.29, 0.717) is 11.7 Å². The molecule has 1 atom stereocenters. The van der Waals surface area contributed by atoms with Gasteiger partial charge in [-0.05, 0) is 18.4 Å². The van der Waals surface area contributed by atoms with Crippen molar-refractivity contribution < 1.29 is 9.26 Å². The zero-order chi connectivity index (χ0) is 12.6. The molecular formula is C13H15N3O2. The second-order valence-electron chi connectivity index (χ2n) is 4.64. The fraction of sp³-hybridized carbons (Fsp3) is 0.385. The number of aromatic nitrogens is 2. The first-order valence-electron chi connectivity index (χ1n) is 5.94. The first-order chi connectivity index (χ1) is 8.73. The molecule has 18 heavy (non-hydrogen) atoms. The standard InChI is InChI=1S/C13H15N3O2/c1-17-10(9-5-3-2-4-6-9)11-15-12(18-16-11)13(14)7-8-13/h2-6,10H,7-8,14H2,1H3. The highest BCUT2D eigenvalue weighted by Crippen LogP contribution is 2.42. The molecule has 1 aromatic heterocycles. The van der Waals surface area contributed by atoms with Gasteiger partial charge < -0.3 is 15.0 Å². The van der Waals surface area contributed by atoms with Crippen molar-refractivity contribution in [2.24, 2.45) is 5.73 Å². The van der Waals surface area contributed by atoms with Crippen molar-refractivity contribution in [1.29, 1.82) is 0 Å². The number of nitrogens with two attached hydrogens (primary N) is 1. The van der Waals surface area contributed by atoms with Gasteiger partial charge in [-0.1, -0.05) is 35.5 Å². The van der Waals surface area contributed by atoms with Gasteiger partial charge >= 0.3 is 0 Å². The monoisotopic (exact) mass is 245 g/mol. The number of methoxy groups -OCH3 is 1. The van der Waals surface area contributed by atoms with Crippen molar-refractivity contribution in [3.8, 4) is 0 Å². The molecule has 0 aliphatic heterocycles. The predicted octanol–water partition coefficient (Wildman–Crippen LogP) is 1.75. The highest BCUT2D eigenvalue weighted by Gasteiger charge is 2.46. The van der Waals surface area contributed by atoms with Crippen LogP contribution in [-0.4, -0.2) is 17.3 Å². The van der Waals surface area contributed by atoms with Crippen LogP contribution in [0.4, 0.5) is 0 Å². The maximum Gasteiger partial charge on any atom is 0.246 e. The van der Waals surface area contributed by atoms with Crippen molar-refractivity contribution in [1.82, 2.24) is 10.1 Å². The molecule has 2 N–H and O–H groups in total. The molecule has 5 nitrogen and oxygen atoms in total. The summed E-state index contributed by atoms with van der Waals surface area (Å²) in [5, 5.41) is 3.98. The quantitative estimate of drug-likeness (QED) is 0.888. The first-order valence-corrected chi connectivity index (χ1v) is 5.94. The molecule has 0 radical (unpaired) electrons. The van der Waals surface area contributed by atoms with Crippen molar-refractivity contribution in [3.05, 3.63) is 47.6 Å². The summed E-state index contributed by atoms with van der Waals surface area (Å²) >= 11 is 0. The Hall–Kier alpha value is -1.72. The van der Waals surface area contributed by atoms with Crippen LogP contribution in [0.25, 0.3) is 0 Å². The van der Waals surface area contributed by atoms with E-state index in [4.69, 9.17) is 15.0 Å². The number of rotatable bonds is 4. The Balaban J connectivity index is 1.90. The van der Waals surface area contributed by atoms with Crippen molar-refractivity contribution in [2.75, 3.05) is 7.11 Å². The van der Waals surface area contributed by atoms with Gasteiger partial charge in [0.05, 0.1) is 5.54 Å². The Morgan fingerprint density at radius 1 is 1.33 bits per heavy atom. The lowest BCUT2D eigenvalue weighted by atomic mass is 10.1. The van der Waals surface area contributed by atoms with Crippen LogP contribution in [0.2, 0.25) is 0 Å². The maximum absolute atomic E-state index is 6.02. The second kappa shape index (κ2) is 4.19. The third kappa shape index (κ3) is 1.91. The summed E-state index contributed by atoms with van der Waals surface area (Å²) in [5.41, 5.74) is 6.62. The fourth-order valence-corrected chi connectivity index (χ4v) is 1.91. The molecule has 1 fully saturated rings. The van der Waals surface area contributed by atoms with Crippen LogP contribution in [0.5, 0.6) is 0 Å². The number of hydrogen-bond acceptors (Lipinski definition) is 5. The minimum atomic E-state index is -0.403. The number of ether oxygens (including phenoxy) is 1. The van der Waals surface area contributed by atoms with Crippen molar-refractivity contribution >= 4 is 0 Å². The minimum absolute atomic E-state index is 0.314. The van der Waals surface area contributed by atoms with Crippen LogP contribution >= 0.6 is 0 Å². The minimum Gasteiger partial charge on any atom is -0.369 e. The van der Waals surface area contributed by atoms with Crippen LogP contribution in [0.3, 0.4) is 0 Å². The highest BCUT2D eigenvalue weighted by molar-refractivity contribution is 5.23. The Bertz CT molecular complexity index is 534. The van der Waals surface area contributed by atoms with Crippen molar-refractivity contribution in [3.63, 3.8) is 0 Å². The zero-order valence-corrected chi connectivity index (χ0v) is 10.2. The highest BCUT2D eigenvalue weighted by atomic mass is 16.5. The van der Waals surface area contributed by atoms with E-state index < -0.39 is 5.54 Å². The maximum atomic E-state index is 6.02. The summed E-state index contributed by atoms with van der Waals surface area (Å²) in [6.45, 7) is 0. The Kier molecular flexibility index (Phi) is 2.65. The SMILES string of the molecule is COC(c1ccccc1)c1noc(C2(N)CC2)n1. The van der Waals surface area contributed by atoms with Crippen LogP contribution in [0, 0.1) is 0 Å². The van der Waals surface area contributed by atoms with Gasteiger partial charge in [-0.15, -0.1) is 0 Å². The third-order valence-electron chi connectivity index (χ3n) is 3.23. The molecule has 1 aromatic carbocycles. The summed E-state index contributed by atoms with van der Waals surface area (Å²) < 4.78 is 10.7. The van der Waals surface area contributed by atoms with Gasteiger partial charge in [-0.2, -0.15) is 4.98 Å². The largest absolute Gasteiger partial charge is 0.369 e. The zero-order valence-electron chi connectivity index (χ0n) is 10.2. The Morgan fingerprint density at radius 3 is 2.67 bits per heavy atom. The van der Waals surface area contributed by atoms with Crippen LogP contribution < -0.4 is 5.73 Å². The molecule has 1 unspecified atom stereocenters. The number of nitrogens with zero attached hydrogens (tertiary/aromatic N) is 2. The molecule has 0 spiro atoms. The summed E-state index contributed by atoms with van der Waals surface area (Å²) in [6, 6.07) is 9.80. The fourth-order valence-electron chi connectivity index (χ4n) is 1.91. The average molecular weight is 245 g/mol. The molecule has 1 aliphatic carbocycles. The lowest BCUT2D eigenvalue weighted by molar-refractivity contribution is 0.126. The molecule has 1 aliphatic rings. The molecule has 94 valence electrons. The van der Waals surface area contributed by atoms with Gasteiger partial charge in [0, 0.05) is 7.11 Å². The van der Waals surface area contributed by atoms with E-state index in [1.54, 1.807) is 7.11 Å². The third-order valence-corrected chi connectivity index (χ3v) is 3.23. The summed E-state index contributed by atoms with van der Waals surface area (Å²) in [5.74, 6) is 1.03. The molecule has 0 amide bonds. The van der Waals surface area contributed by atoms with Gasteiger partial charge in [0.25, 0.3) is 0 Å². The van der Waals surface area contributed by atoms with Crippen LogP contribution in [0.1, 0.15) is 36.2 Å². The summed E-state index contributed by atoms with van der Waals surface area (Å²) in [6.07, 6.45) is 1.49. The molecule has 3 rings (SSSR count). The van der Waals surface area contributed by atoms with E-state index in [1.807, 2.05) is 30.3 Å². The number of hydrogen-bond donors (Lipinski definition) is 1.